The van der Waals surface area contributed by atoms with Gasteiger partial charge in [0.2, 0.25) is 0 Å². The number of amides is 1. The van der Waals surface area contributed by atoms with E-state index in [-0.39, 0.29) is 11.4 Å². The molecule has 1 aliphatic rings. The standard InChI is InChI=1S/C20H21Cl3N2O2/c21-16-8-9-17(22)20(23)15(16)12-19(26)25(27)18(13-24-10-4-5-11-24)14-6-2-1-3-7-14/h1-3,6-9,18,27H,4-5,10-13H2. The predicted octanol–water partition coefficient (Wildman–Crippen LogP) is 5.24. The molecular weight excluding hydrogens is 407 g/mol. The minimum Gasteiger partial charge on any atom is -0.301 e. The van der Waals surface area contributed by atoms with Crippen molar-refractivity contribution in [1.29, 1.82) is 0 Å². The Labute approximate surface area is 174 Å². The fourth-order valence-corrected chi connectivity index (χ4v) is 4.03. The Morgan fingerprint density at radius 3 is 2.33 bits per heavy atom. The zero-order valence-electron chi connectivity index (χ0n) is 14.7. The van der Waals surface area contributed by atoms with Crippen molar-refractivity contribution in [2.24, 2.45) is 0 Å². The Hall–Kier alpha value is -1.30. The predicted molar refractivity (Wildman–Crippen MR) is 109 cm³/mol. The lowest BCUT2D eigenvalue weighted by Crippen LogP contribution is -2.39. The third kappa shape index (κ3) is 4.95. The molecule has 27 heavy (non-hydrogen) atoms. The van der Waals surface area contributed by atoms with Crippen molar-refractivity contribution in [3.8, 4) is 0 Å². The number of hydrogen-bond donors (Lipinski definition) is 1. The lowest BCUT2D eigenvalue weighted by molar-refractivity contribution is -0.177. The largest absolute Gasteiger partial charge is 0.301 e. The molecule has 3 rings (SSSR count). The van der Waals surface area contributed by atoms with E-state index >= 15 is 0 Å². The highest BCUT2D eigenvalue weighted by Gasteiger charge is 2.28. The van der Waals surface area contributed by atoms with E-state index in [0.29, 0.717) is 22.2 Å². The van der Waals surface area contributed by atoms with Gasteiger partial charge < -0.3 is 4.90 Å². The molecule has 0 spiro atoms. The summed E-state index contributed by atoms with van der Waals surface area (Å²) in [5, 5.41) is 12.5. The molecule has 4 nitrogen and oxygen atoms in total. The molecule has 7 heteroatoms. The second-order valence-electron chi connectivity index (χ2n) is 6.67. The number of carbonyl (C=O) groups is 1. The van der Waals surface area contributed by atoms with Crippen molar-refractivity contribution in [3.05, 3.63) is 68.7 Å². The molecule has 1 atom stereocenters. The topological polar surface area (TPSA) is 43.8 Å². The van der Waals surface area contributed by atoms with Gasteiger partial charge in [0.1, 0.15) is 0 Å². The van der Waals surface area contributed by atoms with Crippen LogP contribution in [-0.4, -0.2) is 40.7 Å². The van der Waals surface area contributed by atoms with Gasteiger partial charge in [0.15, 0.2) is 0 Å². The van der Waals surface area contributed by atoms with Crippen LogP contribution in [0.25, 0.3) is 0 Å². The summed E-state index contributed by atoms with van der Waals surface area (Å²) in [5.41, 5.74) is 1.30. The second-order valence-corrected chi connectivity index (χ2v) is 7.86. The number of carbonyl (C=O) groups excluding carboxylic acids is 1. The highest BCUT2D eigenvalue weighted by molar-refractivity contribution is 6.44. The molecule has 1 unspecified atom stereocenters. The minimum absolute atomic E-state index is 0.127. The molecule has 2 aromatic rings. The maximum Gasteiger partial charge on any atom is 0.251 e. The fraction of sp³-hybridized carbons (Fsp3) is 0.350. The average Bonchev–Trinajstić information content (AvgIpc) is 3.19. The summed E-state index contributed by atoms with van der Waals surface area (Å²) < 4.78 is 0. The van der Waals surface area contributed by atoms with Crippen LogP contribution in [0.4, 0.5) is 0 Å². The van der Waals surface area contributed by atoms with Crippen LogP contribution >= 0.6 is 34.8 Å². The molecule has 1 fully saturated rings. The van der Waals surface area contributed by atoms with Crippen molar-refractivity contribution >= 4 is 40.7 Å². The van der Waals surface area contributed by atoms with Crippen molar-refractivity contribution in [3.63, 3.8) is 0 Å². The van der Waals surface area contributed by atoms with Crippen LogP contribution in [0.5, 0.6) is 0 Å². The van der Waals surface area contributed by atoms with Gasteiger partial charge >= 0.3 is 0 Å². The van der Waals surface area contributed by atoms with Crippen LogP contribution in [0, 0.1) is 0 Å². The first-order valence-electron chi connectivity index (χ1n) is 8.88. The smallest absolute Gasteiger partial charge is 0.251 e. The Kier molecular flexibility index (Phi) is 7.01. The van der Waals surface area contributed by atoms with Crippen molar-refractivity contribution < 1.29 is 10.0 Å². The van der Waals surface area contributed by atoms with E-state index in [1.165, 1.54) is 0 Å². The number of nitrogens with zero attached hydrogens (tertiary/aromatic N) is 2. The molecule has 0 aromatic heterocycles. The molecule has 0 radical (unpaired) electrons. The van der Waals surface area contributed by atoms with Crippen LogP contribution in [-0.2, 0) is 11.2 Å². The number of hydrogen-bond acceptors (Lipinski definition) is 3. The lowest BCUT2D eigenvalue weighted by atomic mass is 10.0. The van der Waals surface area contributed by atoms with Gasteiger partial charge in [-0.05, 0) is 43.6 Å². The van der Waals surface area contributed by atoms with Crippen molar-refractivity contribution in [2.45, 2.75) is 25.3 Å². The van der Waals surface area contributed by atoms with E-state index in [1.54, 1.807) is 12.1 Å². The molecule has 0 bridgehead atoms. The summed E-state index contributed by atoms with van der Waals surface area (Å²) in [6.45, 7) is 2.51. The van der Waals surface area contributed by atoms with Crippen LogP contribution in [0.2, 0.25) is 15.1 Å². The molecule has 0 saturated carbocycles. The Morgan fingerprint density at radius 2 is 1.67 bits per heavy atom. The number of likely N-dealkylation sites (tertiary alicyclic amines) is 1. The van der Waals surface area contributed by atoms with Crippen molar-refractivity contribution in [1.82, 2.24) is 9.96 Å². The lowest BCUT2D eigenvalue weighted by Gasteiger charge is -2.30. The SMILES string of the molecule is O=C(Cc1c(Cl)ccc(Cl)c1Cl)N(O)C(CN1CCCC1)c1ccccc1. The summed E-state index contributed by atoms with van der Waals surface area (Å²) in [7, 11) is 0. The van der Waals surface area contributed by atoms with Gasteiger partial charge in [-0.1, -0.05) is 65.1 Å². The van der Waals surface area contributed by atoms with Gasteiger partial charge in [0.05, 0.1) is 22.5 Å². The summed E-state index contributed by atoms with van der Waals surface area (Å²) >= 11 is 18.4. The molecule has 2 aromatic carbocycles. The summed E-state index contributed by atoms with van der Waals surface area (Å²) in [6.07, 6.45) is 2.14. The molecule has 1 N–H and O–H groups in total. The summed E-state index contributed by atoms with van der Waals surface area (Å²) in [4.78, 5) is 15.1. The highest BCUT2D eigenvalue weighted by atomic mass is 35.5. The van der Waals surface area contributed by atoms with Crippen LogP contribution in [0.1, 0.15) is 30.0 Å². The van der Waals surface area contributed by atoms with E-state index in [9.17, 15) is 10.0 Å². The van der Waals surface area contributed by atoms with E-state index in [1.807, 2.05) is 30.3 Å². The zero-order valence-corrected chi connectivity index (χ0v) is 17.0. The van der Waals surface area contributed by atoms with Crippen molar-refractivity contribution in [2.75, 3.05) is 19.6 Å². The van der Waals surface area contributed by atoms with Gasteiger partial charge in [-0.2, -0.15) is 0 Å². The van der Waals surface area contributed by atoms with Gasteiger partial charge in [-0.15, -0.1) is 0 Å². The quantitative estimate of drug-likeness (QED) is 0.389. The van der Waals surface area contributed by atoms with Crippen LogP contribution in [0.3, 0.4) is 0 Å². The van der Waals surface area contributed by atoms with Gasteiger partial charge in [-0.3, -0.25) is 10.0 Å². The Balaban J connectivity index is 1.81. The van der Waals surface area contributed by atoms with Gasteiger partial charge in [-0.25, -0.2) is 5.06 Å². The molecule has 1 saturated heterocycles. The monoisotopic (exact) mass is 426 g/mol. The molecule has 1 heterocycles. The normalized spacial score (nSPS) is 15.7. The van der Waals surface area contributed by atoms with E-state index in [0.717, 1.165) is 36.6 Å². The molecule has 144 valence electrons. The average molecular weight is 428 g/mol. The number of benzene rings is 2. The molecule has 1 amide bonds. The molecular formula is C20H21Cl3N2O2. The summed E-state index contributed by atoms with van der Waals surface area (Å²) in [6, 6.07) is 12.2. The first-order chi connectivity index (χ1) is 13.0. The highest BCUT2D eigenvalue weighted by Crippen LogP contribution is 2.32. The van der Waals surface area contributed by atoms with Gasteiger partial charge in [0, 0.05) is 17.1 Å². The number of rotatable bonds is 6. The maximum absolute atomic E-state index is 12.8. The van der Waals surface area contributed by atoms with E-state index in [2.05, 4.69) is 4.90 Å². The minimum atomic E-state index is -0.478. The number of hydroxylamine groups is 2. The van der Waals surface area contributed by atoms with E-state index < -0.39 is 11.9 Å². The third-order valence-corrected chi connectivity index (χ3v) is 6.03. The Bertz CT molecular complexity index is 795. The first-order valence-corrected chi connectivity index (χ1v) is 10.0. The van der Waals surface area contributed by atoms with Crippen LogP contribution < -0.4 is 0 Å². The Morgan fingerprint density at radius 1 is 1.04 bits per heavy atom. The number of halogens is 3. The fourth-order valence-electron chi connectivity index (χ4n) is 3.35. The molecule has 1 aliphatic heterocycles. The third-order valence-electron chi connectivity index (χ3n) is 4.83. The zero-order chi connectivity index (χ0) is 19.4. The first kappa shape index (κ1) is 20.4. The second kappa shape index (κ2) is 9.26. The molecule has 0 aliphatic carbocycles. The maximum atomic E-state index is 12.8. The van der Waals surface area contributed by atoms with E-state index in [4.69, 9.17) is 34.8 Å². The van der Waals surface area contributed by atoms with Gasteiger partial charge in [0.25, 0.3) is 5.91 Å². The van der Waals surface area contributed by atoms with Crippen LogP contribution in [0.15, 0.2) is 42.5 Å². The summed E-state index contributed by atoms with van der Waals surface area (Å²) in [5.74, 6) is -0.478.